The van der Waals surface area contributed by atoms with Crippen LogP contribution in [0, 0.1) is 0 Å². The number of hydrogen-bond donors (Lipinski definition) is 0. The summed E-state index contributed by atoms with van der Waals surface area (Å²) in [5.41, 5.74) is 1.08. The van der Waals surface area contributed by atoms with Crippen molar-refractivity contribution in [3.63, 3.8) is 0 Å². The molecule has 0 unspecified atom stereocenters. The van der Waals surface area contributed by atoms with Crippen LogP contribution >= 0.6 is 15.9 Å². The molecule has 13 heavy (non-hydrogen) atoms. The number of pyridine rings is 1. The van der Waals surface area contributed by atoms with Gasteiger partial charge in [-0.1, -0.05) is 0 Å². The molecule has 0 amide bonds. The van der Waals surface area contributed by atoms with Crippen molar-refractivity contribution >= 4 is 21.9 Å². The lowest BCUT2D eigenvalue weighted by Crippen LogP contribution is -2.01. The second-order valence-corrected chi connectivity index (χ2v) is 3.38. The highest BCUT2D eigenvalue weighted by Crippen LogP contribution is 2.09. The predicted octanol–water partition coefficient (Wildman–Crippen LogP) is 1.95. The maximum atomic E-state index is 10.8. The fourth-order valence-electron chi connectivity index (χ4n) is 0.947. The average molecular weight is 244 g/mol. The molecule has 0 bridgehead atoms. The number of nitrogens with zero attached hydrogens (tertiary/aromatic N) is 1. The summed E-state index contributed by atoms with van der Waals surface area (Å²) in [7, 11) is 1.39. The summed E-state index contributed by atoms with van der Waals surface area (Å²) in [4.78, 5) is 14.8. The highest BCUT2D eigenvalue weighted by atomic mass is 79.9. The molecule has 3 nitrogen and oxygen atoms in total. The molecular formula is C9H10BrNO2. The molecule has 0 saturated carbocycles. The highest BCUT2D eigenvalue weighted by molar-refractivity contribution is 9.10. The molecule has 70 valence electrons. The van der Waals surface area contributed by atoms with Gasteiger partial charge in [0, 0.05) is 12.6 Å². The summed E-state index contributed by atoms with van der Waals surface area (Å²) in [6, 6.07) is 3.77. The lowest BCUT2D eigenvalue weighted by Gasteiger charge is -2.00. The Labute approximate surface area is 85.3 Å². The summed E-state index contributed by atoms with van der Waals surface area (Å²) in [5, 5.41) is 0. The van der Waals surface area contributed by atoms with Gasteiger partial charge in [0.15, 0.2) is 0 Å². The second-order valence-electron chi connectivity index (χ2n) is 2.56. The van der Waals surface area contributed by atoms with Gasteiger partial charge in [-0.3, -0.25) is 4.79 Å². The molecule has 0 aliphatic heterocycles. The normalized spacial score (nSPS) is 9.69. The molecule has 0 aliphatic rings. The van der Waals surface area contributed by atoms with E-state index in [-0.39, 0.29) is 5.97 Å². The lowest BCUT2D eigenvalue weighted by molar-refractivity contribution is -0.140. The van der Waals surface area contributed by atoms with Gasteiger partial charge in [0.2, 0.25) is 0 Å². The van der Waals surface area contributed by atoms with Crippen molar-refractivity contribution in [3.8, 4) is 0 Å². The topological polar surface area (TPSA) is 39.2 Å². The first kappa shape index (κ1) is 10.2. The monoisotopic (exact) mass is 243 g/mol. The molecule has 0 aromatic carbocycles. The Hall–Kier alpha value is -0.900. The van der Waals surface area contributed by atoms with E-state index in [0.29, 0.717) is 12.8 Å². The second kappa shape index (κ2) is 4.97. The molecule has 1 rings (SSSR count). The number of aryl methyl sites for hydroxylation is 1. The number of ether oxygens (including phenoxy) is 1. The van der Waals surface area contributed by atoms with Crippen molar-refractivity contribution in [2.24, 2.45) is 0 Å². The third-order valence-electron chi connectivity index (χ3n) is 1.64. The Morgan fingerprint density at radius 1 is 1.69 bits per heavy atom. The van der Waals surface area contributed by atoms with E-state index < -0.39 is 0 Å². The summed E-state index contributed by atoms with van der Waals surface area (Å²) >= 11 is 3.26. The largest absolute Gasteiger partial charge is 0.469 e. The zero-order valence-corrected chi connectivity index (χ0v) is 8.87. The van der Waals surface area contributed by atoms with Crippen molar-refractivity contribution in [1.29, 1.82) is 0 Å². The minimum atomic E-state index is -0.187. The zero-order valence-electron chi connectivity index (χ0n) is 7.29. The third-order valence-corrected chi connectivity index (χ3v) is 2.07. The van der Waals surface area contributed by atoms with Gasteiger partial charge >= 0.3 is 5.97 Å². The van der Waals surface area contributed by atoms with E-state index in [4.69, 9.17) is 0 Å². The first-order chi connectivity index (χ1) is 6.22. The van der Waals surface area contributed by atoms with Gasteiger partial charge in [0.25, 0.3) is 0 Å². The van der Waals surface area contributed by atoms with Crippen LogP contribution in [-0.4, -0.2) is 18.1 Å². The van der Waals surface area contributed by atoms with Crippen molar-refractivity contribution in [2.45, 2.75) is 12.8 Å². The van der Waals surface area contributed by atoms with Gasteiger partial charge in [-0.05, 0) is 40.0 Å². The number of carbonyl (C=O) groups is 1. The van der Waals surface area contributed by atoms with Gasteiger partial charge in [0.05, 0.1) is 7.11 Å². The van der Waals surface area contributed by atoms with E-state index >= 15 is 0 Å². The molecule has 0 saturated heterocycles. The van der Waals surface area contributed by atoms with Crippen LogP contribution in [0.5, 0.6) is 0 Å². The Kier molecular flexibility index (Phi) is 3.89. The molecule has 0 N–H and O–H groups in total. The van der Waals surface area contributed by atoms with Gasteiger partial charge in [-0.25, -0.2) is 4.98 Å². The minimum Gasteiger partial charge on any atom is -0.469 e. The molecule has 0 radical (unpaired) electrons. The van der Waals surface area contributed by atoms with Crippen molar-refractivity contribution in [1.82, 2.24) is 4.98 Å². The van der Waals surface area contributed by atoms with Crippen molar-refractivity contribution in [3.05, 3.63) is 28.5 Å². The molecule has 4 heteroatoms. The molecule has 0 atom stereocenters. The van der Waals surface area contributed by atoms with E-state index in [1.165, 1.54) is 7.11 Å². The van der Waals surface area contributed by atoms with E-state index in [2.05, 4.69) is 25.7 Å². The Balaban J connectivity index is 2.50. The predicted molar refractivity (Wildman–Crippen MR) is 52.3 cm³/mol. The molecular weight excluding hydrogens is 234 g/mol. The lowest BCUT2D eigenvalue weighted by atomic mass is 10.1. The minimum absolute atomic E-state index is 0.187. The van der Waals surface area contributed by atoms with Crippen LogP contribution in [0.3, 0.4) is 0 Å². The summed E-state index contributed by atoms with van der Waals surface area (Å²) < 4.78 is 5.32. The fraction of sp³-hybridized carbons (Fsp3) is 0.333. The third kappa shape index (κ3) is 3.55. The first-order valence-electron chi connectivity index (χ1n) is 3.89. The molecule has 0 aliphatic carbocycles. The molecule has 1 aromatic rings. The zero-order chi connectivity index (χ0) is 9.68. The summed E-state index contributed by atoms with van der Waals surface area (Å²) in [6.07, 6.45) is 2.80. The van der Waals surface area contributed by atoms with Gasteiger partial charge in [0.1, 0.15) is 4.60 Å². The Morgan fingerprint density at radius 2 is 2.46 bits per heavy atom. The van der Waals surface area contributed by atoms with Crippen LogP contribution in [0.1, 0.15) is 12.0 Å². The Bertz CT molecular complexity index is 301. The van der Waals surface area contributed by atoms with Crippen LogP contribution in [0.15, 0.2) is 22.9 Å². The van der Waals surface area contributed by atoms with Crippen LogP contribution in [0.2, 0.25) is 0 Å². The highest BCUT2D eigenvalue weighted by Gasteiger charge is 2.01. The van der Waals surface area contributed by atoms with E-state index in [1.807, 2.05) is 12.1 Å². The van der Waals surface area contributed by atoms with Crippen LogP contribution in [0.4, 0.5) is 0 Å². The van der Waals surface area contributed by atoms with Crippen molar-refractivity contribution in [2.75, 3.05) is 7.11 Å². The molecule has 0 spiro atoms. The van der Waals surface area contributed by atoms with E-state index in [9.17, 15) is 4.79 Å². The number of aromatic nitrogens is 1. The molecule has 0 fully saturated rings. The molecule has 1 heterocycles. The van der Waals surface area contributed by atoms with Crippen molar-refractivity contribution < 1.29 is 9.53 Å². The van der Waals surface area contributed by atoms with Gasteiger partial charge in [-0.2, -0.15) is 0 Å². The smallest absolute Gasteiger partial charge is 0.305 e. The standard InChI is InChI=1S/C9H10BrNO2/c1-13-9(12)3-2-7-4-5-11-8(10)6-7/h4-6H,2-3H2,1H3. The fourth-order valence-corrected chi connectivity index (χ4v) is 1.36. The van der Waals surface area contributed by atoms with E-state index in [1.54, 1.807) is 6.20 Å². The summed E-state index contributed by atoms with van der Waals surface area (Å²) in [5.74, 6) is -0.187. The number of hydrogen-bond acceptors (Lipinski definition) is 3. The quantitative estimate of drug-likeness (QED) is 0.602. The molecule has 1 aromatic heterocycles. The number of carbonyl (C=O) groups excluding carboxylic acids is 1. The van der Waals surface area contributed by atoms with Crippen LogP contribution in [0.25, 0.3) is 0 Å². The first-order valence-corrected chi connectivity index (χ1v) is 4.69. The maximum Gasteiger partial charge on any atom is 0.305 e. The maximum absolute atomic E-state index is 10.8. The number of esters is 1. The van der Waals surface area contributed by atoms with Crippen LogP contribution < -0.4 is 0 Å². The average Bonchev–Trinajstić information content (AvgIpc) is 2.14. The Morgan fingerprint density at radius 3 is 3.08 bits per heavy atom. The SMILES string of the molecule is COC(=O)CCc1ccnc(Br)c1. The number of methoxy groups -OCH3 is 1. The number of rotatable bonds is 3. The van der Waals surface area contributed by atoms with Gasteiger partial charge in [-0.15, -0.1) is 0 Å². The van der Waals surface area contributed by atoms with Crippen LogP contribution in [-0.2, 0) is 16.0 Å². The summed E-state index contributed by atoms with van der Waals surface area (Å²) in [6.45, 7) is 0. The number of halogens is 1. The van der Waals surface area contributed by atoms with Gasteiger partial charge < -0.3 is 4.74 Å². The van der Waals surface area contributed by atoms with E-state index in [0.717, 1.165) is 10.2 Å².